The van der Waals surface area contributed by atoms with Gasteiger partial charge in [-0.15, -0.1) is 0 Å². The van der Waals surface area contributed by atoms with Crippen molar-refractivity contribution in [1.29, 1.82) is 0 Å². The Morgan fingerprint density at radius 3 is 1.76 bits per heavy atom. The standard InChI is InChI=1S/C42H80NO10P/c1-6-8-10-11-12-13-14-15-16-19-22-25-29-33-41(44)49-37-40(38-51-54(47,48)50-36-35-43(3,4)5)52-42(45)34-30-26-23-20-17-18-21-24-28-32-39(53-46)31-27-9-7-2/h21,24,28,32,39-40H,6-20,22-23,25-27,29-31,33-38H2,1-5H3,(H-,46,47,48)/b24-21-,32-28+/t39-,40+/m0/s1. The van der Waals surface area contributed by atoms with Gasteiger partial charge >= 0.3 is 11.9 Å². The van der Waals surface area contributed by atoms with Crippen LogP contribution in [0.15, 0.2) is 24.3 Å². The summed E-state index contributed by atoms with van der Waals surface area (Å²) in [5.74, 6) is -0.891. The topological polar surface area (TPSA) is 141 Å². The van der Waals surface area contributed by atoms with Crippen LogP contribution in [0.1, 0.15) is 174 Å². The van der Waals surface area contributed by atoms with Crippen LogP contribution in [0.25, 0.3) is 0 Å². The van der Waals surface area contributed by atoms with Crippen molar-refractivity contribution in [2.75, 3.05) is 47.5 Å². The van der Waals surface area contributed by atoms with Crippen LogP contribution in [0.4, 0.5) is 0 Å². The first-order valence-corrected chi connectivity index (χ1v) is 22.8. The van der Waals surface area contributed by atoms with Gasteiger partial charge in [0.15, 0.2) is 6.10 Å². The molecule has 0 aliphatic heterocycles. The Morgan fingerprint density at radius 1 is 0.685 bits per heavy atom. The zero-order chi connectivity index (χ0) is 40.2. The molecule has 0 saturated heterocycles. The van der Waals surface area contributed by atoms with E-state index in [-0.39, 0.29) is 32.2 Å². The van der Waals surface area contributed by atoms with E-state index in [1.54, 1.807) is 0 Å². The van der Waals surface area contributed by atoms with Gasteiger partial charge in [0.1, 0.15) is 25.9 Å². The molecule has 0 aliphatic carbocycles. The Hall–Kier alpha value is -1.59. The number of carbonyl (C=O) groups is 2. The molecule has 11 nitrogen and oxygen atoms in total. The van der Waals surface area contributed by atoms with E-state index in [9.17, 15) is 19.0 Å². The first-order chi connectivity index (χ1) is 25.9. The molecule has 0 rings (SSSR count). The largest absolute Gasteiger partial charge is 0.756 e. The van der Waals surface area contributed by atoms with Gasteiger partial charge in [-0.25, -0.2) is 4.89 Å². The highest BCUT2D eigenvalue weighted by Gasteiger charge is 2.21. The lowest BCUT2D eigenvalue weighted by Crippen LogP contribution is -2.37. The van der Waals surface area contributed by atoms with Crippen LogP contribution in [0, 0.1) is 0 Å². The number of carbonyl (C=O) groups excluding carboxylic acids is 2. The fourth-order valence-corrected chi connectivity index (χ4v) is 6.48. The van der Waals surface area contributed by atoms with Crippen molar-refractivity contribution in [3.05, 3.63) is 24.3 Å². The highest BCUT2D eigenvalue weighted by Crippen LogP contribution is 2.38. The van der Waals surface area contributed by atoms with E-state index in [1.807, 2.05) is 39.4 Å². The average molecular weight is 790 g/mol. The molecular weight excluding hydrogens is 709 g/mol. The van der Waals surface area contributed by atoms with Crippen LogP contribution in [-0.2, 0) is 37.6 Å². The summed E-state index contributed by atoms with van der Waals surface area (Å²) in [5.41, 5.74) is 0. The van der Waals surface area contributed by atoms with Crippen LogP contribution in [-0.4, -0.2) is 81.4 Å². The molecule has 1 unspecified atom stereocenters. The van der Waals surface area contributed by atoms with E-state index in [2.05, 4.69) is 24.8 Å². The van der Waals surface area contributed by atoms with Gasteiger partial charge in [0.25, 0.3) is 7.82 Å². The summed E-state index contributed by atoms with van der Waals surface area (Å²) in [7, 11) is 1.11. The number of unbranched alkanes of at least 4 members (excludes halogenated alkanes) is 19. The zero-order valence-electron chi connectivity index (χ0n) is 35.0. The van der Waals surface area contributed by atoms with Gasteiger partial charge in [0.2, 0.25) is 0 Å². The molecule has 0 spiro atoms. The second-order valence-corrected chi connectivity index (χ2v) is 17.0. The van der Waals surface area contributed by atoms with Crippen molar-refractivity contribution in [1.82, 2.24) is 0 Å². The fraction of sp³-hybridized carbons (Fsp3) is 0.857. The SMILES string of the molecule is CCCCCCCCCCCCCCCC(=O)OC[C@H](COP(=O)([O-])OCC[N+](C)(C)C)OC(=O)CCCCCCC/C=C\C=C\[C@H](CCCCC)OO. The summed E-state index contributed by atoms with van der Waals surface area (Å²) in [5, 5.41) is 9.02. The van der Waals surface area contributed by atoms with E-state index >= 15 is 0 Å². The number of allylic oxidation sites excluding steroid dienone is 3. The third-order valence-electron chi connectivity index (χ3n) is 9.20. The van der Waals surface area contributed by atoms with Gasteiger partial charge < -0.3 is 27.9 Å². The number of rotatable bonds is 39. The molecule has 0 aliphatic rings. The first kappa shape index (κ1) is 52.4. The van der Waals surface area contributed by atoms with Gasteiger partial charge in [0.05, 0.1) is 27.7 Å². The highest BCUT2D eigenvalue weighted by molar-refractivity contribution is 7.45. The number of hydrogen-bond acceptors (Lipinski definition) is 10. The summed E-state index contributed by atoms with van der Waals surface area (Å²) in [6.07, 6.45) is 32.3. The van der Waals surface area contributed by atoms with Gasteiger partial charge in [-0.3, -0.25) is 19.4 Å². The molecule has 54 heavy (non-hydrogen) atoms. The Bertz CT molecular complexity index is 1000. The van der Waals surface area contributed by atoms with Gasteiger partial charge in [0, 0.05) is 12.8 Å². The maximum absolute atomic E-state index is 12.7. The molecular formula is C42H80NO10P. The number of esters is 2. The minimum Gasteiger partial charge on any atom is -0.756 e. The molecule has 0 radical (unpaired) electrons. The zero-order valence-corrected chi connectivity index (χ0v) is 35.9. The maximum Gasteiger partial charge on any atom is 0.306 e. The van der Waals surface area contributed by atoms with Gasteiger partial charge in [-0.2, -0.15) is 0 Å². The molecule has 0 amide bonds. The van der Waals surface area contributed by atoms with Crippen LogP contribution < -0.4 is 4.89 Å². The molecule has 0 aromatic heterocycles. The molecule has 3 atom stereocenters. The van der Waals surface area contributed by atoms with E-state index in [1.165, 1.54) is 64.2 Å². The van der Waals surface area contributed by atoms with Crippen molar-refractivity contribution in [2.24, 2.45) is 0 Å². The van der Waals surface area contributed by atoms with Crippen molar-refractivity contribution < 1.29 is 52.2 Å². The van der Waals surface area contributed by atoms with Crippen molar-refractivity contribution in [3.8, 4) is 0 Å². The van der Waals surface area contributed by atoms with Crippen LogP contribution in [0.3, 0.4) is 0 Å². The second kappa shape index (κ2) is 35.8. The fourth-order valence-electron chi connectivity index (χ4n) is 5.75. The molecule has 1 N–H and O–H groups in total. The monoisotopic (exact) mass is 790 g/mol. The number of quaternary nitrogens is 1. The Morgan fingerprint density at radius 2 is 1.20 bits per heavy atom. The van der Waals surface area contributed by atoms with E-state index in [0.717, 1.165) is 77.0 Å². The lowest BCUT2D eigenvalue weighted by Gasteiger charge is -2.28. The minimum atomic E-state index is -4.64. The molecule has 0 aromatic carbocycles. The first-order valence-electron chi connectivity index (χ1n) is 21.3. The van der Waals surface area contributed by atoms with Crippen LogP contribution in [0.5, 0.6) is 0 Å². The predicted octanol–water partition coefficient (Wildman–Crippen LogP) is 10.4. The van der Waals surface area contributed by atoms with E-state index < -0.39 is 32.5 Å². The normalized spacial score (nSPS) is 14.4. The Labute approximate surface area is 329 Å². The van der Waals surface area contributed by atoms with Crippen molar-refractivity contribution >= 4 is 19.8 Å². The average Bonchev–Trinajstić information content (AvgIpc) is 3.12. The third kappa shape index (κ3) is 37.3. The number of hydrogen-bond donors (Lipinski definition) is 1. The minimum absolute atomic E-state index is 0.0458. The summed E-state index contributed by atoms with van der Waals surface area (Å²) >= 11 is 0. The highest BCUT2D eigenvalue weighted by atomic mass is 31.2. The van der Waals surface area contributed by atoms with Crippen molar-refractivity contribution in [2.45, 2.75) is 187 Å². The molecule has 318 valence electrons. The maximum atomic E-state index is 12.7. The molecule has 12 heteroatoms. The Balaban J connectivity index is 4.48. The molecule has 0 fully saturated rings. The van der Waals surface area contributed by atoms with Crippen molar-refractivity contribution in [3.63, 3.8) is 0 Å². The van der Waals surface area contributed by atoms with E-state index in [0.29, 0.717) is 17.4 Å². The summed E-state index contributed by atoms with van der Waals surface area (Å²) in [6.45, 7) is 4.03. The smallest absolute Gasteiger partial charge is 0.306 e. The quantitative estimate of drug-likeness (QED) is 0.0122. The number of phosphoric acid groups is 1. The van der Waals surface area contributed by atoms with Gasteiger partial charge in [-0.05, 0) is 32.1 Å². The summed E-state index contributed by atoms with van der Waals surface area (Å²) in [6, 6.07) is 0. The summed E-state index contributed by atoms with van der Waals surface area (Å²) < 4.78 is 33.8. The molecule has 0 heterocycles. The van der Waals surface area contributed by atoms with Crippen LogP contribution in [0.2, 0.25) is 0 Å². The lowest BCUT2D eigenvalue weighted by molar-refractivity contribution is -0.870. The number of likely N-dealkylation sites (N-methyl/N-ethyl adjacent to an activating group) is 1. The predicted molar refractivity (Wildman–Crippen MR) is 216 cm³/mol. The van der Waals surface area contributed by atoms with Gasteiger partial charge in [-0.1, -0.05) is 154 Å². The van der Waals surface area contributed by atoms with Crippen LogP contribution >= 0.6 is 7.82 Å². The Kier molecular flexibility index (Phi) is 34.7. The summed E-state index contributed by atoms with van der Waals surface area (Å²) in [4.78, 5) is 42.0. The third-order valence-corrected chi connectivity index (χ3v) is 10.2. The number of phosphoric ester groups is 1. The number of nitrogens with zero attached hydrogens (tertiary/aromatic N) is 1. The molecule has 0 aromatic rings. The lowest BCUT2D eigenvalue weighted by atomic mass is 10.0. The second-order valence-electron chi connectivity index (χ2n) is 15.6. The number of ether oxygens (including phenoxy) is 2. The molecule has 0 bridgehead atoms. The molecule has 0 saturated carbocycles. The van der Waals surface area contributed by atoms with E-state index in [4.69, 9.17) is 23.8 Å².